The van der Waals surface area contributed by atoms with E-state index in [2.05, 4.69) is 5.32 Å². The zero-order chi connectivity index (χ0) is 21.5. The lowest BCUT2D eigenvalue weighted by Crippen LogP contribution is -2.06. The molecule has 5 heteroatoms. The molecule has 0 saturated carbocycles. The first-order valence-electron chi connectivity index (χ1n) is 9.65. The lowest BCUT2D eigenvalue weighted by Gasteiger charge is -2.14. The average Bonchev–Trinajstić information content (AvgIpc) is 2.74. The first kappa shape index (κ1) is 21.1. The molecule has 0 bridgehead atoms. The third-order valence-electron chi connectivity index (χ3n) is 4.47. The molecule has 30 heavy (non-hydrogen) atoms. The molecular weight excluding hydrogens is 379 g/mol. The van der Waals surface area contributed by atoms with Crippen molar-refractivity contribution in [3.63, 3.8) is 0 Å². The van der Waals surface area contributed by atoms with Gasteiger partial charge in [0.1, 0.15) is 18.2 Å². The van der Waals surface area contributed by atoms with E-state index in [4.69, 9.17) is 4.74 Å². The largest absolute Gasteiger partial charge is 0.488 e. The summed E-state index contributed by atoms with van der Waals surface area (Å²) in [6, 6.07) is 20.0. The Morgan fingerprint density at radius 2 is 1.73 bits per heavy atom. The van der Waals surface area contributed by atoms with Crippen LogP contribution in [-0.2, 0) is 6.61 Å². The van der Waals surface area contributed by atoms with E-state index in [1.807, 2.05) is 50.5 Å². The van der Waals surface area contributed by atoms with Crippen LogP contribution in [0.1, 0.15) is 21.5 Å². The summed E-state index contributed by atoms with van der Waals surface area (Å²) in [5.41, 5.74) is 3.30. The third-order valence-corrected chi connectivity index (χ3v) is 4.47. The minimum Gasteiger partial charge on any atom is -0.488 e. The number of halogens is 1. The molecule has 0 aromatic heterocycles. The highest BCUT2D eigenvalue weighted by atomic mass is 19.1. The van der Waals surface area contributed by atoms with Gasteiger partial charge in [-0.15, -0.1) is 0 Å². The van der Waals surface area contributed by atoms with Gasteiger partial charge in [0.2, 0.25) is 0 Å². The number of rotatable bonds is 8. The van der Waals surface area contributed by atoms with Crippen LogP contribution in [0.3, 0.4) is 0 Å². The first-order chi connectivity index (χ1) is 14.4. The SMILES string of the molecule is Cc1ccc(Nc2ccc(OCc3ccccc3)c(C(=O)C=CN(C)C)c2)cc1F. The smallest absolute Gasteiger partial charge is 0.191 e. The van der Waals surface area contributed by atoms with Crippen LogP contribution in [0.25, 0.3) is 0 Å². The molecule has 0 amide bonds. The Morgan fingerprint density at radius 3 is 2.43 bits per heavy atom. The quantitative estimate of drug-likeness (QED) is 0.385. The molecule has 0 aliphatic heterocycles. The average molecular weight is 404 g/mol. The summed E-state index contributed by atoms with van der Waals surface area (Å²) in [4.78, 5) is 14.6. The van der Waals surface area contributed by atoms with Crippen LogP contribution in [-0.4, -0.2) is 24.8 Å². The highest BCUT2D eigenvalue weighted by Gasteiger charge is 2.13. The summed E-state index contributed by atoms with van der Waals surface area (Å²) in [7, 11) is 3.70. The van der Waals surface area contributed by atoms with Crippen molar-refractivity contribution < 1.29 is 13.9 Å². The maximum Gasteiger partial charge on any atom is 0.191 e. The second kappa shape index (κ2) is 9.74. The minimum absolute atomic E-state index is 0.175. The summed E-state index contributed by atoms with van der Waals surface area (Å²) in [6.45, 7) is 2.07. The Hall–Kier alpha value is -3.60. The molecular formula is C25H25FN2O2. The molecule has 0 atom stereocenters. The predicted octanol–water partition coefficient (Wildman–Crippen LogP) is 5.71. The van der Waals surface area contributed by atoms with E-state index in [-0.39, 0.29) is 11.6 Å². The van der Waals surface area contributed by atoms with Gasteiger partial charge in [-0.25, -0.2) is 4.39 Å². The monoisotopic (exact) mass is 404 g/mol. The van der Waals surface area contributed by atoms with Crippen molar-refractivity contribution in [2.75, 3.05) is 19.4 Å². The van der Waals surface area contributed by atoms with Gasteiger partial charge in [0, 0.05) is 37.7 Å². The van der Waals surface area contributed by atoms with E-state index >= 15 is 0 Å². The lowest BCUT2D eigenvalue weighted by molar-refractivity contribution is 0.104. The van der Waals surface area contributed by atoms with Gasteiger partial charge < -0.3 is 15.0 Å². The standard InChI is InChI=1S/C25H25FN2O2/c1-18-9-10-21(16-23(18)26)27-20-11-12-25(30-17-19-7-5-4-6-8-19)22(15-20)24(29)13-14-28(2)3/h4-16,27H,17H2,1-3H3. The van der Waals surface area contributed by atoms with E-state index < -0.39 is 0 Å². The molecule has 3 aromatic rings. The number of ketones is 1. The summed E-state index contributed by atoms with van der Waals surface area (Å²) in [5.74, 6) is 0.0337. The number of benzene rings is 3. The highest BCUT2D eigenvalue weighted by Crippen LogP contribution is 2.27. The summed E-state index contributed by atoms with van der Waals surface area (Å²) in [5, 5.41) is 3.15. The molecule has 0 unspecified atom stereocenters. The number of carbonyl (C=O) groups excluding carboxylic acids is 1. The number of nitrogens with one attached hydrogen (secondary N) is 1. The maximum absolute atomic E-state index is 13.9. The van der Waals surface area contributed by atoms with Crippen molar-refractivity contribution in [2.24, 2.45) is 0 Å². The molecule has 0 heterocycles. The van der Waals surface area contributed by atoms with E-state index in [0.717, 1.165) is 5.56 Å². The van der Waals surface area contributed by atoms with Gasteiger partial charge in [-0.2, -0.15) is 0 Å². The van der Waals surface area contributed by atoms with Crippen molar-refractivity contribution in [1.82, 2.24) is 4.90 Å². The zero-order valence-corrected chi connectivity index (χ0v) is 17.4. The van der Waals surface area contributed by atoms with Crippen molar-refractivity contribution in [3.8, 4) is 5.75 Å². The van der Waals surface area contributed by atoms with Gasteiger partial charge >= 0.3 is 0 Å². The number of hydrogen-bond donors (Lipinski definition) is 1. The second-order valence-corrected chi connectivity index (χ2v) is 7.22. The van der Waals surface area contributed by atoms with Gasteiger partial charge in [-0.05, 0) is 48.4 Å². The molecule has 4 nitrogen and oxygen atoms in total. The zero-order valence-electron chi connectivity index (χ0n) is 17.4. The molecule has 0 spiro atoms. The number of hydrogen-bond acceptors (Lipinski definition) is 4. The molecule has 0 fully saturated rings. The molecule has 3 rings (SSSR count). The molecule has 0 aliphatic rings. The van der Waals surface area contributed by atoms with Gasteiger partial charge in [-0.1, -0.05) is 36.4 Å². The molecule has 3 aromatic carbocycles. The number of ether oxygens (including phenoxy) is 1. The maximum atomic E-state index is 13.9. The Bertz CT molecular complexity index is 1050. The molecule has 0 radical (unpaired) electrons. The minimum atomic E-state index is -0.284. The van der Waals surface area contributed by atoms with E-state index in [1.165, 1.54) is 12.1 Å². The third kappa shape index (κ3) is 5.70. The van der Waals surface area contributed by atoms with Crippen LogP contribution >= 0.6 is 0 Å². The number of anilines is 2. The van der Waals surface area contributed by atoms with E-state index in [9.17, 15) is 9.18 Å². The molecule has 0 saturated heterocycles. The fraction of sp³-hybridized carbons (Fsp3) is 0.160. The van der Waals surface area contributed by atoms with Crippen molar-refractivity contribution >= 4 is 17.2 Å². The van der Waals surface area contributed by atoms with Crippen LogP contribution in [0.15, 0.2) is 79.0 Å². The number of allylic oxidation sites excluding steroid dienone is 1. The first-order valence-corrected chi connectivity index (χ1v) is 9.65. The normalized spacial score (nSPS) is 10.8. The van der Waals surface area contributed by atoms with Crippen molar-refractivity contribution in [1.29, 1.82) is 0 Å². The molecule has 154 valence electrons. The highest BCUT2D eigenvalue weighted by molar-refractivity contribution is 6.07. The Balaban J connectivity index is 1.87. The van der Waals surface area contributed by atoms with E-state index in [1.54, 1.807) is 42.3 Å². The molecule has 0 aliphatic carbocycles. The van der Waals surface area contributed by atoms with Gasteiger partial charge in [0.05, 0.1) is 5.56 Å². The van der Waals surface area contributed by atoms with Crippen molar-refractivity contribution in [2.45, 2.75) is 13.5 Å². The number of nitrogens with zero attached hydrogens (tertiary/aromatic N) is 1. The summed E-state index contributed by atoms with van der Waals surface area (Å²) in [6.07, 6.45) is 3.19. The van der Waals surface area contributed by atoms with E-state index in [0.29, 0.717) is 34.9 Å². The Kier molecular flexibility index (Phi) is 6.86. The Morgan fingerprint density at radius 1 is 1.03 bits per heavy atom. The topological polar surface area (TPSA) is 41.6 Å². The lowest BCUT2D eigenvalue weighted by atomic mass is 10.1. The van der Waals surface area contributed by atoms with Crippen LogP contribution in [0.4, 0.5) is 15.8 Å². The fourth-order valence-corrected chi connectivity index (χ4v) is 2.81. The predicted molar refractivity (Wildman–Crippen MR) is 119 cm³/mol. The van der Waals surface area contributed by atoms with Gasteiger partial charge in [0.25, 0.3) is 0 Å². The van der Waals surface area contributed by atoms with Crippen LogP contribution in [0.2, 0.25) is 0 Å². The Labute approximate surface area is 176 Å². The summed E-state index contributed by atoms with van der Waals surface area (Å²) >= 11 is 0. The number of aryl methyl sites for hydroxylation is 1. The van der Waals surface area contributed by atoms with Crippen LogP contribution < -0.4 is 10.1 Å². The van der Waals surface area contributed by atoms with Gasteiger partial charge in [-0.3, -0.25) is 4.79 Å². The number of carbonyl (C=O) groups is 1. The summed E-state index contributed by atoms with van der Waals surface area (Å²) < 4.78 is 19.8. The van der Waals surface area contributed by atoms with Crippen LogP contribution in [0.5, 0.6) is 5.75 Å². The van der Waals surface area contributed by atoms with Crippen LogP contribution in [0, 0.1) is 12.7 Å². The molecule has 1 N–H and O–H groups in total. The fourth-order valence-electron chi connectivity index (χ4n) is 2.81. The second-order valence-electron chi connectivity index (χ2n) is 7.22. The van der Waals surface area contributed by atoms with Crippen molar-refractivity contribution in [3.05, 3.63) is 102 Å². The van der Waals surface area contributed by atoms with Gasteiger partial charge in [0.15, 0.2) is 5.78 Å².